The molecule has 1 amide bonds. The van der Waals surface area contributed by atoms with Crippen molar-refractivity contribution in [3.05, 3.63) is 34.6 Å². The van der Waals surface area contributed by atoms with Crippen LogP contribution in [-0.2, 0) is 4.74 Å². The van der Waals surface area contributed by atoms with Gasteiger partial charge in [-0.25, -0.2) is 4.39 Å². The van der Waals surface area contributed by atoms with E-state index in [0.29, 0.717) is 25.3 Å². The Balaban J connectivity index is 2.03. The van der Waals surface area contributed by atoms with Gasteiger partial charge < -0.3 is 19.6 Å². The van der Waals surface area contributed by atoms with E-state index in [2.05, 4.69) is 4.90 Å². The lowest BCUT2D eigenvalue weighted by atomic mass is 9.96. The van der Waals surface area contributed by atoms with Crippen molar-refractivity contribution in [3.8, 4) is 0 Å². The Bertz CT molecular complexity index is 573. The molecule has 5 nitrogen and oxygen atoms in total. The topological polar surface area (TPSA) is 53.0 Å². The van der Waals surface area contributed by atoms with E-state index in [4.69, 9.17) is 16.3 Å². The van der Waals surface area contributed by atoms with E-state index in [9.17, 15) is 14.3 Å². The summed E-state index contributed by atoms with van der Waals surface area (Å²) in [6.45, 7) is 3.27. The van der Waals surface area contributed by atoms with Crippen molar-refractivity contribution in [2.45, 2.75) is 0 Å². The van der Waals surface area contributed by atoms with Crippen molar-refractivity contribution >= 4 is 17.5 Å². The summed E-state index contributed by atoms with van der Waals surface area (Å²) in [5.74, 6) is -0.484. The molecule has 2 atom stereocenters. The maximum absolute atomic E-state index is 13.2. The predicted molar refractivity (Wildman–Crippen MR) is 90.8 cm³/mol. The van der Waals surface area contributed by atoms with Gasteiger partial charge in [0.1, 0.15) is 5.82 Å². The minimum Gasteiger partial charge on any atom is -0.396 e. The van der Waals surface area contributed by atoms with Crippen LogP contribution in [0.15, 0.2) is 18.2 Å². The summed E-state index contributed by atoms with van der Waals surface area (Å²) in [6, 6.07) is 3.78. The van der Waals surface area contributed by atoms with Crippen LogP contribution < -0.4 is 0 Å². The monoisotopic (exact) mass is 358 g/mol. The number of likely N-dealkylation sites (N-methyl/N-ethyl adjacent to an activating group) is 1. The summed E-state index contributed by atoms with van der Waals surface area (Å²) in [6.07, 6.45) is 0. The minimum absolute atomic E-state index is 0.0261. The van der Waals surface area contributed by atoms with E-state index in [-0.39, 0.29) is 29.4 Å². The molecule has 24 heavy (non-hydrogen) atoms. The van der Waals surface area contributed by atoms with Crippen molar-refractivity contribution in [1.29, 1.82) is 0 Å². The molecule has 0 bridgehead atoms. The highest BCUT2D eigenvalue weighted by atomic mass is 35.5. The van der Waals surface area contributed by atoms with Crippen molar-refractivity contribution in [3.63, 3.8) is 0 Å². The van der Waals surface area contributed by atoms with Gasteiger partial charge in [0.2, 0.25) is 0 Å². The van der Waals surface area contributed by atoms with E-state index < -0.39 is 5.82 Å². The smallest absolute Gasteiger partial charge is 0.255 e. The van der Waals surface area contributed by atoms with Crippen LogP contribution in [0.25, 0.3) is 0 Å². The number of methoxy groups -OCH3 is 1. The molecule has 1 N–H and O–H groups in total. The third-order valence-corrected chi connectivity index (χ3v) is 4.80. The Labute approximate surface area is 146 Å². The highest BCUT2D eigenvalue weighted by molar-refractivity contribution is 6.33. The predicted octanol–water partition coefficient (Wildman–Crippen LogP) is 1.74. The molecule has 2 rings (SSSR count). The molecular weight excluding hydrogens is 335 g/mol. The molecule has 0 spiro atoms. The highest BCUT2D eigenvalue weighted by Crippen LogP contribution is 2.27. The zero-order valence-electron chi connectivity index (χ0n) is 14.0. The van der Waals surface area contributed by atoms with E-state index >= 15 is 0 Å². The second-order valence-electron chi connectivity index (χ2n) is 6.29. The van der Waals surface area contributed by atoms with E-state index in [1.807, 2.05) is 7.05 Å². The fourth-order valence-corrected chi connectivity index (χ4v) is 3.34. The van der Waals surface area contributed by atoms with Gasteiger partial charge in [0, 0.05) is 45.8 Å². The largest absolute Gasteiger partial charge is 0.396 e. The number of nitrogens with zero attached hydrogens (tertiary/aromatic N) is 2. The number of aliphatic hydroxyl groups excluding tert-OH is 1. The fourth-order valence-electron chi connectivity index (χ4n) is 3.09. The van der Waals surface area contributed by atoms with Gasteiger partial charge in [0.25, 0.3) is 5.91 Å². The average Bonchev–Trinajstić information content (AvgIpc) is 2.95. The molecule has 1 fully saturated rings. The molecule has 0 saturated carbocycles. The van der Waals surface area contributed by atoms with Gasteiger partial charge in [-0.1, -0.05) is 11.6 Å². The molecule has 134 valence electrons. The summed E-state index contributed by atoms with van der Waals surface area (Å²) in [4.78, 5) is 16.5. The number of hydrogen-bond acceptors (Lipinski definition) is 4. The number of benzene rings is 1. The minimum atomic E-state index is -0.469. The molecule has 1 aliphatic rings. The van der Waals surface area contributed by atoms with Crippen molar-refractivity contribution in [1.82, 2.24) is 9.80 Å². The van der Waals surface area contributed by atoms with Gasteiger partial charge in [-0.15, -0.1) is 0 Å². The lowest BCUT2D eigenvalue weighted by Gasteiger charge is -2.23. The van der Waals surface area contributed by atoms with Crippen LogP contribution in [0.4, 0.5) is 4.39 Å². The third kappa shape index (κ3) is 4.66. The molecule has 0 unspecified atom stereocenters. The molecule has 0 aromatic heterocycles. The standard InChI is InChI=1S/C17H24ClFN2O3/c1-20(5-6-24-2)8-12-9-21(10-13(12)11-22)17(23)15-4-3-14(19)7-16(15)18/h3-4,7,12-13,22H,5-6,8-11H2,1-2H3/t12-,13-/m1/s1. The number of carbonyl (C=O) groups is 1. The molecule has 1 heterocycles. The molecule has 1 aromatic carbocycles. The molecule has 1 aromatic rings. The molecular formula is C17H24ClFN2O3. The Morgan fingerprint density at radius 2 is 2.17 bits per heavy atom. The fraction of sp³-hybridized carbons (Fsp3) is 0.588. The number of aliphatic hydroxyl groups is 1. The molecule has 1 aliphatic heterocycles. The first-order valence-electron chi connectivity index (χ1n) is 7.99. The van der Waals surface area contributed by atoms with Gasteiger partial charge in [0.05, 0.1) is 17.2 Å². The lowest BCUT2D eigenvalue weighted by Crippen LogP contribution is -2.33. The number of hydrogen-bond donors (Lipinski definition) is 1. The zero-order valence-corrected chi connectivity index (χ0v) is 14.8. The number of halogens is 2. The first-order chi connectivity index (χ1) is 11.5. The lowest BCUT2D eigenvalue weighted by molar-refractivity contribution is 0.0779. The first-order valence-corrected chi connectivity index (χ1v) is 8.36. The highest BCUT2D eigenvalue weighted by Gasteiger charge is 2.36. The summed E-state index contributed by atoms with van der Waals surface area (Å²) in [7, 11) is 3.65. The summed E-state index contributed by atoms with van der Waals surface area (Å²) >= 11 is 5.99. The Morgan fingerprint density at radius 1 is 1.46 bits per heavy atom. The summed E-state index contributed by atoms with van der Waals surface area (Å²) in [5, 5.41) is 9.74. The van der Waals surface area contributed by atoms with Gasteiger partial charge in [-0.2, -0.15) is 0 Å². The van der Waals surface area contributed by atoms with Crippen molar-refractivity contribution in [2.75, 3.05) is 53.6 Å². The van der Waals surface area contributed by atoms with Crippen LogP contribution in [0.3, 0.4) is 0 Å². The van der Waals surface area contributed by atoms with Crippen LogP contribution in [0, 0.1) is 17.7 Å². The van der Waals surface area contributed by atoms with Crippen molar-refractivity contribution < 1.29 is 19.0 Å². The van der Waals surface area contributed by atoms with Crippen LogP contribution in [0.2, 0.25) is 5.02 Å². The van der Waals surface area contributed by atoms with E-state index in [1.165, 1.54) is 12.1 Å². The first kappa shape index (κ1) is 19.1. The maximum atomic E-state index is 13.2. The third-order valence-electron chi connectivity index (χ3n) is 4.48. The molecule has 0 radical (unpaired) electrons. The Hall–Kier alpha value is -1.21. The molecule has 1 saturated heterocycles. The van der Waals surface area contributed by atoms with Crippen molar-refractivity contribution in [2.24, 2.45) is 11.8 Å². The maximum Gasteiger partial charge on any atom is 0.255 e. The second kappa shape index (κ2) is 8.76. The van der Waals surface area contributed by atoms with Crippen LogP contribution in [0.5, 0.6) is 0 Å². The average molecular weight is 359 g/mol. The second-order valence-corrected chi connectivity index (χ2v) is 6.70. The number of likely N-dealkylation sites (tertiary alicyclic amines) is 1. The van der Waals surface area contributed by atoms with Crippen LogP contribution in [0.1, 0.15) is 10.4 Å². The Kier molecular flexibility index (Phi) is 6.98. The van der Waals surface area contributed by atoms with Gasteiger partial charge in [-0.05, 0) is 31.2 Å². The normalized spacial score (nSPS) is 20.8. The number of rotatable bonds is 7. The van der Waals surface area contributed by atoms with E-state index in [0.717, 1.165) is 19.2 Å². The summed E-state index contributed by atoms with van der Waals surface area (Å²) < 4.78 is 18.2. The van der Waals surface area contributed by atoms with Gasteiger partial charge >= 0.3 is 0 Å². The van der Waals surface area contributed by atoms with Gasteiger partial charge in [0.15, 0.2) is 0 Å². The quantitative estimate of drug-likeness (QED) is 0.806. The Morgan fingerprint density at radius 3 is 2.79 bits per heavy atom. The van der Waals surface area contributed by atoms with E-state index in [1.54, 1.807) is 12.0 Å². The SMILES string of the molecule is COCCN(C)C[C@@H]1CN(C(=O)c2ccc(F)cc2Cl)C[C@@H]1CO. The molecule has 0 aliphatic carbocycles. The van der Waals surface area contributed by atoms with Gasteiger partial charge in [-0.3, -0.25) is 4.79 Å². The number of carbonyl (C=O) groups excluding carboxylic acids is 1. The summed E-state index contributed by atoms with van der Waals surface area (Å²) in [5.41, 5.74) is 0.295. The van der Waals surface area contributed by atoms with Crippen LogP contribution in [-0.4, -0.2) is 74.4 Å². The molecule has 7 heteroatoms. The number of amides is 1. The zero-order chi connectivity index (χ0) is 17.7. The van der Waals surface area contributed by atoms with Crippen LogP contribution >= 0.6 is 11.6 Å². The number of ether oxygens (including phenoxy) is 1.